The molecular formula is C16H16ClF2N3O2. The summed E-state index contributed by atoms with van der Waals surface area (Å²) in [7, 11) is 0. The van der Waals surface area contributed by atoms with Crippen molar-refractivity contribution in [2.24, 2.45) is 0 Å². The van der Waals surface area contributed by atoms with Gasteiger partial charge in [0.25, 0.3) is 12.3 Å². The van der Waals surface area contributed by atoms with Crippen LogP contribution in [0.3, 0.4) is 0 Å². The van der Waals surface area contributed by atoms with Crippen molar-refractivity contribution in [3.8, 4) is 5.75 Å². The summed E-state index contributed by atoms with van der Waals surface area (Å²) in [6, 6.07) is 6.54. The fourth-order valence-electron chi connectivity index (χ4n) is 2.68. The van der Waals surface area contributed by atoms with Gasteiger partial charge in [0.05, 0.1) is 17.7 Å². The number of para-hydroxylation sites is 1. The molecule has 5 nitrogen and oxygen atoms in total. The lowest BCUT2D eigenvalue weighted by Crippen LogP contribution is -2.29. The predicted molar refractivity (Wildman–Crippen MR) is 84.6 cm³/mol. The van der Waals surface area contributed by atoms with Crippen molar-refractivity contribution < 1.29 is 18.3 Å². The number of hydrogen-bond donors (Lipinski definition) is 1. The molecule has 0 radical (unpaired) electrons. The van der Waals surface area contributed by atoms with Crippen LogP contribution in [0.5, 0.6) is 5.75 Å². The number of halogens is 3. The number of ether oxygens (including phenoxy) is 1. The zero-order valence-electron chi connectivity index (χ0n) is 12.7. The summed E-state index contributed by atoms with van der Waals surface area (Å²) in [5.74, 6) is 0.158. The zero-order chi connectivity index (χ0) is 17.1. The van der Waals surface area contributed by atoms with Gasteiger partial charge < -0.3 is 10.1 Å². The molecule has 0 fully saturated rings. The molecule has 2 aromatic rings. The summed E-state index contributed by atoms with van der Waals surface area (Å²) in [6.07, 6.45) is 0.295. The molecule has 1 aromatic heterocycles. The predicted octanol–water partition coefficient (Wildman–Crippen LogP) is 3.45. The molecule has 2 heterocycles. The Morgan fingerprint density at radius 1 is 1.46 bits per heavy atom. The van der Waals surface area contributed by atoms with E-state index in [1.165, 1.54) is 12.3 Å². The molecule has 0 saturated carbocycles. The molecule has 1 aromatic carbocycles. The maximum absolute atomic E-state index is 12.4. The highest BCUT2D eigenvalue weighted by Crippen LogP contribution is 2.36. The van der Waals surface area contributed by atoms with Gasteiger partial charge in [0, 0.05) is 11.8 Å². The Labute approximate surface area is 142 Å². The molecule has 128 valence electrons. The minimum Gasteiger partial charge on any atom is -0.492 e. The van der Waals surface area contributed by atoms with Crippen molar-refractivity contribution in [3.63, 3.8) is 0 Å². The number of nitrogens with one attached hydrogen (secondary N) is 1. The van der Waals surface area contributed by atoms with Crippen molar-refractivity contribution in [2.45, 2.75) is 31.9 Å². The lowest BCUT2D eigenvalue weighted by Gasteiger charge is -2.18. The number of rotatable bonds is 4. The lowest BCUT2D eigenvalue weighted by atomic mass is 10.0. The molecule has 24 heavy (non-hydrogen) atoms. The summed E-state index contributed by atoms with van der Waals surface area (Å²) in [4.78, 5) is 12.4. The van der Waals surface area contributed by atoms with E-state index in [-0.39, 0.29) is 11.7 Å². The number of nitrogens with zero attached hydrogens (tertiary/aromatic N) is 2. The Hall–Kier alpha value is -2.15. The van der Waals surface area contributed by atoms with Crippen LogP contribution in [-0.2, 0) is 6.54 Å². The normalized spacial score (nSPS) is 17.1. The molecule has 1 amide bonds. The SMILES string of the molecule is O=C(N[C@@H]1CCCOc2c(Cl)cccc21)c1ccn(CC(F)F)n1. The average molecular weight is 356 g/mol. The Kier molecular flexibility index (Phi) is 4.99. The van der Waals surface area contributed by atoms with E-state index in [9.17, 15) is 13.6 Å². The number of carbonyl (C=O) groups is 1. The number of aromatic nitrogens is 2. The van der Waals surface area contributed by atoms with E-state index in [4.69, 9.17) is 16.3 Å². The van der Waals surface area contributed by atoms with E-state index in [2.05, 4.69) is 10.4 Å². The van der Waals surface area contributed by atoms with Gasteiger partial charge in [-0.25, -0.2) is 8.78 Å². The summed E-state index contributed by atoms with van der Waals surface area (Å²) >= 11 is 6.16. The van der Waals surface area contributed by atoms with Gasteiger partial charge in [-0.2, -0.15) is 5.10 Å². The molecule has 0 saturated heterocycles. The first kappa shape index (κ1) is 16.7. The van der Waals surface area contributed by atoms with Crippen molar-refractivity contribution in [1.29, 1.82) is 0 Å². The van der Waals surface area contributed by atoms with Crippen LogP contribution in [0.25, 0.3) is 0 Å². The zero-order valence-corrected chi connectivity index (χ0v) is 13.5. The van der Waals surface area contributed by atoms with Gasteiger partial charge in [0.1, 0.15) is 18.0 Å². The van der Waals surface area contributed by atoms with Crippen molar-refractivity contribution in [1.82, 2.24) is 15.1 Å². The number of amides is 1. The van der Waals surface area contributed by atoms with Crippen molar-refractivity contribution in [2.75, 3.05) is 6.61 Å². The standard InChI is InChI=1S/C16H16ClF2N3O2/c17-11-4-1-3-10-12(5-2-8-24-15(10)11)20-16(23)13-6-7-22(21-13)9-14(18)19/h1,3-4,6-7,12,14H,2,5,8-9H2,(H,20,23)/t12-/m1/s1. The monoisotopic (exact) mass is 355 g/mol. The molecule has 3 rings (SSSR count). The summed E-state index contributed by atoms with van der Waals surface area (Å²) in [5, 5.41) is 7.26. The first-order valence-electron chi connectivity index (χ1n) is 7.58. The van der Waals surface area contributed by atoms with Crippen LogP contribution < -0.4 is 10.1 Å². The molecule has 0 unspecified atom stereocenters. The molecule has 0 aliphatic carbocycles. The highest BCUT2D eigenvalue weighted by Gasteiger charge is 2.24. The first-order chi connectivity index (χ1) is 11.5. The third-order valence-corrected chi connectivity index (χ3v) is 4.06. The minimum absolute atomic E-state index is 0.101. The molecule has 0 bridgehead atoms. The second kappa shape index (κ2) is 7.17. The lowest BCUT2D eigenvalue weighted by molar-refractivity contribution is 0.0924. The van der Waals surface area contributed by atoms with Gasteiger partial charge in [0.15, 0.2) is 0 Å². The van der Waals surface area contributed by atoms with E-state index < -0.39 is 18.9 Å². The number of fused-ring (bicyclic) bond motifs is 1. The molecule has 0 spiro atoms. The number of benzene rings is 1. The Morgan fingerprint density at radius 2 is 2.29 bits per heavy atom. The van der Waals surface area contributed by atoms with Gasteiger partial charge in [-0.15, -0.1) is 0 Å². The molecule has 1 aliphatic heterocycles. The smallest absolute Gasteiger partial charge is 0.272 e. The second-order valence-electron chi connectivity index (χ2n) is 5.49. The maximum Gasteiger partial charge on any atom is 0.272 e. The van der Waals surface area contributed by atoms with E-state index >= 15 is 0 Å². The third kappa shape index (κ3) is 3.67. The van der Waals surface area contributed by atoms with Gasteiger partial charge in [-0.3, -0.25) is 9.48 Å². The first-order valence-corrected chi connectivity index (χ1v) is 7.96. The molecule has 1 aliphatic rings. The highest BCUT2D eigenvalue weighted by atomic mass is 35.5. The highest BCUT2D eigenvalue weighted by molar-refractivity contribution is 6.32. The Morgan fingerprint density at radius 3 is 3.08 bits per heavy atom. The van der Waals surface area contributed by atoms with Crippen molar-refractivity contribution in [3.05, 3.63) is 46.7 Å². The van der Waals surface area contributed by atoms with Crippen LogP contribution in [0.2, 0.25) is 5.02 Å². The Bertz CT molecular complexity index is 736. The van der Waals surface area contributed by atoms with Gasteiger partial charge in [0.2, 0.25) is 0 Å². The molecule has 1 N–H and O–H groups in total. The maximum atomic E-state index is 12.4. The molecule has 8 heteroatoms. The van der Waals surface area contributed by atoms with Crippen molar-refractivity contribution >= 4 is 17.5 Å². The quantitative estimate of drug-likeness (QED) is 0.914. The van der Waals surface area contributed by atoms with E-state index in [1.807, 2.05) is 6.07 Å². The molecular weight excluding hydrogens is 340 g/mol. The number of alkyl halides is 2. The fraction of sp³-hybridized carbons (Fsp3) is 0.375. The van der Waals surface area contributed by atoms with E-state index in [0.29, 0.717) is 23.8 Å². The minimum atomic E-state index is -2.52. The average Bonchev–Trinajstić information content (AvgIpc) is 2.89. The van der Waals surface area contributed by atoms with E-state index in [0.717, 1.165) is 16.7 Å². The third-order valence-electron chi connectivity index (χ3n) is 3.76. The van der Waals surface area contributed by atoms with Crippen LogP contribution in [0.1, 0.15) is 34.9 Å². The van der Waals surface area contributed by atoms with Crippen LogP contribution >= 0.6 is 11.6 Å². The largest absolute Gasteiger partial charge is 0.492 e. The van der Waals surface area contributed by atoms with Gasteiger partial charge >= 0.3 is 0 Å². The second-order valence-corrected chi connectivity index (χ2v) is 5.90. The topological polar surface area (TPSA) is 56.1 Å². The van der Waals surface area contributed by atoms with Gasteiger partial charge in [-0.1, -0.05) is 23.7 Å². The fourth-order valence-corrected chi connectivity index (χ4v) is 2.91. The number of hydrogen-bond acceptors (Lipinski definition) is 3. The van der Waals surface area contributed by atoms with Crippen LogP contribution in [-0.4, -0.2) is 28.7 Å². The van der Waals surface area contributed by atoms with Crippen LogP contribution in [0.4, 0.5) is 8.78 Å². The molecule has 1 atom stereocenters. The Balaban J connectivity index is 1.77. The number of carbonyl (C=O) groups excluding carboxylic acids is 1. The summed E-state index contributed by atoms with van der Waals surface area (Å²) in [5.41, 5.74) is 0.907. The summed E-state index contributed by atoms with van der Waals surface area (Å²) in [6.45, 7) is -0.0187. The van der Waals surface area contributed by atoms with E-state index in [1.54, 1.807) is 12.1 Å². The van der Waals surface area contributed by atoms with Gasteiger partial charge in [-0.05, 0) is 25.0 Å². The van der Waals surface area contributed by atoms with Crippen LogP contribution in [0.15, 0.2) is 30.5 Å². The summed E-state index contributed by atoms with van der Waals surface area (Å²) < 4.78 is 31.4. The van der Waals surface area contributed by atoms with Crippen LogP contribution in [0, 0.1) is 0 Å².